The Kier molecular flexibility index (Phi) is 3.20. The topological polar surface area (TPSA) is 17.8 Å². The molecule has 0 aliphatic heterocycles. The molecule has 0 amide bonds. The van der Waals surface area contributed by atoms with Crippen LogP contribution >= 0.6 is 0 Å². The molecule has 0 aliphatic rings. The first kappa shape index (κ1) is 14.6. The quantitative estimate of drug-likeness (QED) is 0.595. The fourth-order valence-corrected chi connectivity index (χ4v) is 2.42. The average Bonchev–Trinajstić information content (AvgIpc) is 2.74. The van der Waals surface area contributed by atoms with Crippen molar-refractivity contribution in [2.75, 3.05) is 0 Å². The zero-order valence-electron chi connectivity index (χ0n) is 11.9. The summed E-state index contributed by atoms with van der Waals surface area (Å²) in [5.74, 6) is -0.642. The highest BCUT2D eigenvalue weighted by molar-refractivity contribution is 5.81. The van der Waals surface area contributed by atoms with Gasteiger partial charge in [0.15, 0.2) is 0 Å². The van der Waals surface area contributed by atoms with Gasteiger partial charge in [-0.05, 0) is 42.8 Å². The summed E-state index contributed by atoms with van der Waals surface area (Å²) >= 11 is 0. The van der Waals surface area contributed by atoms with Crippen LogP contribution in [0.15, 0.2) is 36.4 Å². The smallest absolute Gasteiger partial charge is 0.327 e. The van der Waals surface area contributed by atoms with Crippen LogP contribution in [0.3, 0.4) is 0 Å². The minimum Gasteiger partial charge on any atom is -0.327 e. The molecule has 0 saturated heterocycles. The maximum absolute atomic E-state index is 14.1. The molecule has 0 N–H and O–H groups in total. The number of halogens is 4. The molecule has 0 atom stereocenters. The van der Waals surface area contributed by atoms with Gasteiger partial charge in [0.05, 0.1) is 22.2 Å². The second-order valence-corrected chi connectivity index (χ2v) is 5.18. The molecule has 0 radical (unpaired) electrons. The van der Waals surface area contributed by atoms with Crippen molar-refractivity contribution in [1.29, 1.82) is 0 Å². The van der Waals surface area contributed by atoms with Crippen LogP contribution in [0, 0.1) is 12.7 Å². The normalized spacial score (nSPS) is 12.1. The number of rotatable bonds is 1. The summed E-state index contributed by atoms with van der Waals surface area (Å²) in [6.45, 7) is 1.91. The third kappa shape index (κ3) is 2.34. The number of hydrogen-bond donors (Lipinski definition) is 0. The van der Waals surface area contributed by atoms with E-state index in [4.69, 9.17) is 0 Å². The lowest BCUT2D eigenvalue weighted by Crippen LogP contribution is -2.06. The molecule has 0 spiro atoms. The van der Waals surface area contributed by atoms with Gasteiger partial charge < -0.3 is 4.57 Å². The number of benzene rings is 2. The lowest BCUT2D eigenvalue weighted by atomic mass is 10.1. The van der Waals surface area contributed by atoms with Gasteiger partial charge >= 0.3 is 6.18 Å². The number of aryl methyl sites for hydroxylation is 2. The van der Waals surface area contributed by atoms with Gasteiger partial charge in [0, 0.05) is 7.05 Å². The maximum Gasteiger partial charge on any atom is 0.416 e. The third-order valence-corrected chi connectivity index (χ3v) is 3.57. The fourth-order valence-electron chi connectivity index (χ4n) is 2.42. The Bertz CT molecular complexity index is 862. The number of imidazole rings is 1. The average molecular weight is 308 g/mol. The fraction of sp³-hybridized carbons (Fsp3) is 0.188. The number of alkyl halides is 3. The Morgan fingerprint density at radius 2 is 1.77 bits per heavy atom. The van der Waals surface area contributed by atoms with Gasteiger partial charge in [-0.2, -0.15) is 13.2 Å². The molecule has 6 heteroatoms. The first-order valence-corrected chi connectivity index (χ1v) is 6.57. The van der Waals surface area contributed by atoms with Crippen molar-refractivity contribution in [3.05, 3.63) is 53.3 Å². The molecule has 0 aliphatic carbocycles. The van der Waals surface area contributed by atoms with E-state index >= 15 is 0 Å². The van der Waals surface area contributed by atoms with E-state index in [-0.39, 0.29) is 5.56 Å². The summed E-state index contributed by atoms with van der Waals surface area (Å²) in [5.41, 5.74) is 1.51. The van der Waals surface area contributed by atoms with Gasteiger partial charge in [-0.25, -0.2) is 9.37 Å². The van der Waals surface area contributed by atoms with Crippen molar-refractivity contribution in [3.8, 4) is 11.4 Å². The second-order valence-electron chi connectivity index (χ2n) is 5.18. The standard InChI is InChI=1S/C16H12F4N2/c1-9-3-6-14-13(7-9)21-15(22(14)2)11-5-4-10(8-12(11)17)16(18,19)20/h3-8H,1-2H3. The molecule has 1 aromatic heterocycles. The van der Waals surface area contributed by atoms with Crippen LogP contribution in [-0.2, 0) is 13.2 Å². The lowest BCUT2D eigenvalue weighted by molar-refractivity contribution is -0.137. The highest BCUT2D eigenvalue weighted by Gasteiger charge is 2.31. The zero-order valence-corrected chi connectivity index (χ0v) is 11.9. The van der Waals surface area contributed by atoms with Crippen LogP contribution in [0.5, 0.6) is 0 Å². The van der Waals surface area contributed by atoms with E-state index in [0.29, 0.717) is 17.4 Å². The van der Waals surface area contributed by atoms with Crippen molar-refractivity contribution >= 4 is 11.0 Å². The minimum absolute atomic E-state index is 0.0457. The van der Waals surface area contributed by atoms with Crippen LogP contribution in [0.1, 0.15) is 11.1 Å². The van der Waals surface area contributed by atoms with Crippen LogP contribution in [0.25, 0.3) is 22.4 Å². The first-order valence-electron chi connectivity index (χ1n) is 6.57. The second kappa shape index (κ2) is 4.83. The first-order chi connectivity index (χ1) is 10.3. The van der Waals surface area contributed by atoms with Crippen LogP contribution in [0.4, 0.5) is 17.6 Å². The molecular weight excluding hydrogens is 296 g/mol. The van der Waals surface area contributed by atoms with Crippen molar-refractivity contribution < 1.29 is 17.6 Å². The third-order valence-electron chi connectivity index (χ3n) is 3.57. The van der Waals surface area contributed by atoms with Gasteiger partial charge in [-0.3, -0.25) is 0 Å². The number of fused-ring (bicyclic) bond motifs is 1. The van der Waals surface area contributed by atoms with Gasteiger partial charge in [0.2, 0.25) is 0 Å². The molecule has 0 bridgehead atoms. The molecule has 0 fully saturated rings. The van der Waals surface area contributed by atoms with Gasteiger partial charge in [0.1, 0.15) is 11.6 Å². The summed E-state index contributed by atoms with van der Waals surface area (Å²) in [6, 6.07) is 8.08. The molecule has 114 valence electrons. The Labute approximate surface area is 124 Å². The largest absolute Gasteiger partial charge is 0.416 e. The zero-order chi connectivity index (χ0) is 16.1. The van der Waals surface area contributed by atoms with E-state index in [1.54, 1.807) is 11.6 Å². The van der Waals surface area contributed by atoms with E-state index in [0.717, 1.165) is 23.2 Å². The lowest BCUT2D eigenvalue weighted by Gasteiger charge is -2.09. The van der Waals surface area contributed by atoms with Crippen LogP contribution < -0.4 is 0 Å². The molecular formula is C16H12F4N2. The van der Waals surface area contributed by atoms with Gasteiger partial charge in [-0.15, -0.1) is 0 Å². The maximum atomic E-state index is 14.1. The number of hydrogen-bond acceptors (Lipinski definition) is 1. The van der Waals surface area contributed by atoms with Crippen molar-refractivity contribution in [2.24, 2.45) is 7.05 Å². The van der Waals surface area contributed by atoms with E-state index < -0.39 is 17.6 Å². The summed E-state index contributed by atoms with van der Waals surface area (Å²) < 4.78 is 53.6. The van der Waals surface area contributed by atoms with Crippen LogP contribution in [-0.4, -0.2) is 9.55 Å². The molecule has 3 rings (SSSR count). The van der Waals surface area contributed by atoms with E-state index in [9.17, 15) is 17.6 Å². The molecule has 3 aromatic rings. The van der Waals surface area contributed by atoms with Crippen molar-refractivity contribution in [2.45, 2.75) is 13.1 Å². The summed E-state index contributed by atoms with van der Waals surface area (Å²) in [7, 11) is 1.71. The molecule has 2 aromatic carbocycles. The SMILES string of the molecule is Cc1ccc2c(c1)nc(-c1ccc(C(F)(F)F)cc1F)n2C. The Hall–Kier alpha value is -2.37. The predicted octanol–water partition coefficient (Wildman–Crippen LogP) is 4.71. The van der Waals surface area contributed by atoms with E-state index in [1.807, 2.05) is 25.1 Å². The predicted molar refractivity (Wildman–Crippen MR) is 75.8 cm³/mol. The van der Waals surface area contributed by atoms with Gasteiger partial charge in [-0.1, -0.05) is 6.07 Å². The summed E-state index contributed by atoms with van der Waals surface area (Å²) in [4.78, 5) is 4.34. The Morgan fingerprint density at radius 1 is 1.05 bits per heavy atom. The van der Waals surface area contributed by atoms with E-state index in [1.165, 1.54) is 0 Å². The van der Waals surface area contributed by atoms with E-state index in [2.05, 4.69) is 4.98 Å². The number of nitrogens with zero attached hydrogens (tertiary/aromatic N) is 2. The summed E-state index contributed by atoms with van der Waals surface area (Å²) in [6.07, 6.45) is -4.57. The molecule has 0 unspecified atom stereocenters. The molecule has 2 nitrogen and oxygen atoms in total. The van der Waals surface area contributed by atoms with Gasteiger partial charge in [0.25, 0.3) is 0 Å². The van der Waals surface area contributed by atoms with Crippen molar-refractivity contribution in [3.63, 3.8) is 0 Å². The Morgan fingerprint density at radius 3 is 2.41 bits per heavy atom. The highest BCUT2D eigenvalue weighted by Crippen LogP contribution is 2.33. The monoisotopic (exact) mass is 308 g/mol. The number of aromatic nitrogens is 2. The minimum atomic E-state index is -4.57. The molecule has 22 heavy (non-hydrogen) atoms. The summed E-state index contributed by atoms with van der Waals surface area (Å²) in [5, 5.41) is 0. The van der Waals surface area contributed by atoms with Crippen LogP contribution in [0.2, 0.25) is 0 Å². The molecule has 0 saturated carbocycles. The highest BCUT2D eigenvalue weighted by atomic mass is 19.4. The van der Waals surface area contributed by atoms with Crippen molar-refractivity contribution in [1.82, 2.24) is 9.55 Å². The molecule has 1 heterocycles. The Balaban J connectivity index is 2.17.